The molecule has 0 saturated heterocycles. The number of hydrogen-bond donors (Lipinski definition) is 0. The zero-order chi connectivity index (χ0) is 34.1. The Balaban J connectivity index is 1.25. The average molecular weight is 654 g/mol. The molecule has 0 radical (unpaired) electrons. The molecule has 0 saturated carbocycles. The number of rotatable bonds is 5. The van der Waals surface area contributed by atoms with Crippen molar-refractivity contribution in [1.82, 2.24) is 0 Å². The number of furan rings is 1. The minimum Gasteiger partial charge on any atom is -0.455 e. The lowest BCUT2D eigenvalue weighted by Crippen LogP contribution is -2.16. The molecular formula is C49H35NO. The van der Waals surface area contributed by atoms with E-state index < -0.39 is 0 Å². The Kier molecular flexibility index (Phi) is 6.56. The molecule has 0 spiro atoms. The first kappa shape index (κ1) is 29.5. The van der Waals surface area contributed by atoms with E-state index in [0.29, 0.717) is 0 Å². The number of benzene rings is 8. The minimum absolute atomic E-state index is 0.121. The van der Waals surface area contributed by atoms with Gasteiger partial charge in [0.05, 0.1) is 0 Å². The summed E-state index contributed by atoms with van der Waals surface area (Å²) in [4.78, 5) is 2.42. The average Bonchev–Trinajstić information content (AvgIpc) is 3.68. The first-order valence-electron chi connectivity index (χ1n) is 17.7. The second-order valence-corrected chi connectivity index (χ2v) is 14.1. The van der Waals surface area contributed by atoms with Gasteiger partial charge in [0.2, 0.25) is 0 Å². The van der Waals surface area contributed by atoms with Gasteiger partial charge in [0.1, 0.15) is 11.2 Å². The van der Waals surface area contributed by atoms with Gasteiger partial charge < -0.3 is 9.32 Å². The fraction of sp³-hybridized carbons (Fsp3) is 0.0612. The molecule has 0 atom stereocenters. The Hall–Kier alpha value is -6.38. The second-order valence-electron chi connectivity index (χ2n) is 14.1. The van der Waals surface area contributed by atoms with Crippen molar-refractivity contribution < 1.29 is 4.42 Å². The lowest BCUT2D eigenvalue weighted by molar-refractivity contribution is 0.660. The topological polar surface area (TPSA) is 16.4 Å². The van der Waals surface area contributed by atoms with E-state index in [0.717, 1.165) is 50.1 Å². The summed E-state index contributed by atoms with van der Waals surface area (Å²) >= 11 is 0. The van der Waals surface area contributed by atoms with Crippen LogP contribution in [0.5, 0.6) is 0 Å². The summed E-state index contributed by atoms with van der Waals surface area (Å²) in [5.41, 5.74) is 14.9. The van der Waals surface area contributed by atoms with Gasteiger partial charge >= 0.3 is 0 Å². The summed E-state index contributed by atoms with van der Waals surface area (Å²) in [5, 5.41) is 4.65. The van der Waals surface area contributed by atoms with Gasteiger partial charge in [0, 0.05) is 38.8 Å². The quantitative estimate of drug-likeness (QED) is 0.184. The van der Waals surface area contributed by atoms with Crippen LogP contribution in [0.4, 0.5) is 17.1 Å². The van der Waals surface area contributed by atoms with Crippen LogP contribution in [0.3, 0.4) is 0 Å². The summed E-state index contributed by atoms with van der Waals surface area (Å²) in [6, 6.07) is 63.6. The van der Waals surface area contributed by atoms with Crippen LogP contribution < -0.4 is 4.90 Å². The van der Waals surface area contributed by atoms with Gasteiger partial charge in [-0.2, -0.15) is 0 Å². The maximum Gasteiger partial charge on any atom is 0.143 e. The number of fused-ring (bicyclic) bond motifs is 8. The highest BCUT2D eigenvalue weighted by molar-refractivity contribution is 6.21. The summed E-state index contributed by atoms with van der Waals surface area (Å²) in [7, 11) is 0. The van der Waals surface area contributed by atoms with E-state index in [4.69, 9.17) is 4.42 Å². The highest BCUT2D eigenvalue weighted by Gasteiger charge is 2.36. The van der Waals surface area contributed by atoms with Crippen molar-refractivity contribution in [3.05, 3.63) is 187 Å². The van der Waals surface area contributed by atoms with Crippen molar-refractivity contribution in [3.8, 4) is 33.4 Å². The molecule has 0 aliphatic heterocycles. The van der Waals surface area contributed by atoms with Crippen LogP contribution in [0.25, 0.3) is 66.1 Å². The highest BCUT2D eigenvalue weighted by atomic mass is 16.3. The molecule has 0 amide bonds. The van der Waals surface area contributed by atoms with Crippen LogP contribution in [0, 0.1) is 0 Å². The first-order valence-corrected chi connectivity index (χ1v) is 17.7. The van der Waals surface area contributed by atoms with Crippen LogP contribution >= 0.6 is 0 Å². The van der Waals surface area contributed by atoms with E-state index in [1.807, 2.05) is 0 Å². The van der Waals surface area contributed by atoms with E-state index in [1.165, 1.54) is 44.2 Å². The standard InChI is InChI=1S/C49H35NO/c1-49(2)44-20-12-11-19-40(44)41-27-26-37(31-45(41)49)50(36-24-21-33(22-25-36)32-13-5-3-6-14-32)38-29-42(34-15-7-4-8-16-34)48-43(30-38)47-39-18-10-9-17-35(39)23-28-46(47)51-48/h3-31H,1-2H3. The Morgan fingerprint density at radius 1 is 0.431 bits per heavy atom. The Bertz CT molecular complexity index is 2760. The first-order chi connectivity index (χ1) is 25.0. The molecule has 1 aromatic heterocycles. The molecule has 2 heteroatoms. The highest BCUT2D eigenvalue weighted by Crippen LogP contribution is 2.51. The normalized spacial score (nSPS) is 13.1. The van der Waals surface area contributed by atoms with E-state index in [1.54, 1.807) is 0 Å². The van der Waals surface area contributed by atoms with Crippen molar-refractivity contribution in [3.63, 3.8) is 0 Å². The van der Waals surface area contributed by atoms with Gasteiger partial charge in [0.25, 0.3) is 0 Å². The second kappa shape index (κ2) is 11.3. The van der Waals surface area contributed by atoms with Crippen LogP contribution in [-0.4, -0.2) is 0 Å². The predicted molar refractivity (Wildman–Crippen MR) is 214 cm³/mol. The zero-order valence-corrected chi connectivity index (χ0v) is 28.6. The minimum atomic E-state index is -0.121. The molecule has 0 fully saturated rings. The van der Waals surface area contributed by atoms with Gasteiger partial charge in [-0.05, 0) is 92.2 Å². The van der Waals surface area contributed by atoms with Crippen molar-refractivity contribution >= 4 is 49.8 Å². The van der Waals surface area contributed by atoms with Gasteiger partial charge in [-0.1, -0.05) is 147 Å². The van der Waals surface area contributed by atoms with E-state index >= 15 is 0 Å². The molecule has 8 aromatic carbocycles. The number of hydrogen-bond acceptors (Lipinski definition) is 2. The molecule has 51 heavy (non-hydrogen) atoms. The van der Waals surface area contributed by atoms with Crippen molar-refractivity contribution in [2.24, 2.45) is 0 Å². The van der Waals surface area contributed by atoms with Crippen molar-refractivity contribution in [2.75, 3.05) is 4.90 Å². The maximum atomic E-state index is 6.76. The van der Waals surface area contributed by atoms with E-state index in [-0.39, 0.29) is 5.41 Å². The lowest BCUT2D eigenvalue weighted by atomic mass is 9.82. The third-order valence-corrected chi connectivity index (χ3v) is 10.8. The predicted octanol–water partition coefficient (Wildman–Crippen LogP) is 13.8. The molecule has 0 N–H and O–H groups in total. The van der Waals surface area contributed by atoms with Gasteiger partial charge in [-0.15, -0.1) is 0 Å². The molecule has 0 unspecified atom stereocenters. The SMILES string of the molecule is CC1(C)c2ccccc2-c2ccc(N(c3ccc(-c4ccccc4)cc3)c3cc(-c4ccccc4)c4oc5ccc6ccccc6c5c4c3)cc21. The summed E-state index contributed by atoms with van der Waals surface area (Å²) in [6.45, 7) is 4.70. The van der Waals surface area contributed by atoms with Gasteiger partial charge in [0.15, 0.2) is 0 Å². The number of nitrogens with zero attached hydrogens (tertiary/aromatic N) is 1. The summed E-state index contributed by atoms with van der Waals surface area (Å²) in [5.74, 6) is 0. The molecule has 9 aromatic rings. The monoisotopic (exact) mass is 653 g/mol. The fourth-order valence-corrected chi connectivity index (χ4v) is 8.31. The molecule has 10 rings (SSSR count). The van der Waals surface area contributed by atoms with Crippen LogP contribution in [0.2, 0.25) is 0 Å². The van der Waals surface area contributed by atoms with Crippen LogP contribution in [-0.2, 0) is 5.41 Å². The Morgan fingerprint density at radius 3 is 1.88 bits per heavy atom. The fourth-order valence-electron chi connectivity index (χ4n) is 8.31. The molecule has 242 valence electrons. The maximum absolute atomic E-state index is 6.76. The Morgan fingerprint density at radius 2 is 1.08 bits per heavy atom. The van der Waals surface area contributed by atoms with Crippen molar-refractivity contribution in [1.29, 1.82) is 0 Å². The largest absolute Gasteiger partial charge is 0.455 e. The molecule has 1 aliphatic carbocycles. The van der Waals surface area contributed by atoms with Gasteiger partial charge in [-0.3, -0.25) is 0 Å². The molecular weight excluding hydrogens is 619 g/mol. The summed E-state index contributed by atoms with van der Waals surface area (Å²) in [6.07, 6.45) is 0. The number of anilines is 3. The summed E-state index contributed by atoms with van der Waals surface area (Å²) < 4.78 is 6.76. The van der Waals surface area contributed by atoms with Crippen molar-refractivity contribution in [2.45, 2.75) is 19.3 Å². The third-order valence-electron chi connectivity index (χ3n) is 10.8. The zero-order valence-electron chi connectivity index (χ0n) is 28.6. The Labute approximate surface area is 297 Å². The molecule has 1 aliphatic rings. The van der Waals surface area contributed by atoms with E-state index in [2.05, 4.69) is 195 Å². The van der Waals surface area contributed by atoms with E-state index in [9.17, 15) is 0 Å². The molecule has 1 heterocycles. The smallest absolute Gasteiger partial charge is 0.143 e. The molecule has 2 nitrogen and oxygen atoms in total. The molecule has 0 bridgehead atoms. The van der Waals surface area contributed by atoms with Crippen LogP contribution in [0.15, 0.2) is 180 Å². The third kappa shape index (κ3) is 4.64. The van der Waals surface area contributed by atoms with Gasteiger partial charge in [-0.25, -0.2) is 0 Å². The van der Waals surface area contributed by atoms with Crippen LogP contribution in [0.1, 0.15) is 25.0 Å². The lowest BCUT2D eigenvalue weighted by Gasteiger charge is -2.29.